The Bertz CT molecular complexity index is 227. The molecule has 1 aliphatic heterocycles. The molecule has 1 atom stereocenters. The Morgan fingerprint density at radius 3 is 2.47 bits per heavy atom. The lowest BCUT2D eigenvalue weighted by Crippen LogP contribution is -2.47. The quantitative estimate of drug-likeness (QED) is 0.695. The van der Waals surface area contributed by atoms with E-state index >= 15 is 0 Å². The molecule has 0 radical (unpaired) electrons. The zero-order valence-corrected chi connectivity index (χ0v) is 13.3. The first-order valence-corrected chi connectivity index (χ1v) is 7.75. The Morgan fingerprint density at radius 1 is 1.37 bits per heavy atom. The maximum absolute atomic E-state index is 9.54. The predicted octanol–water partition coefficient (Wildman–Crippen LogP) is 1.15. The van der Waals surface area contributed by atoms with E-state index < -0.39 is 0 Å². The summed E-state index contributed by atoms with van der Waals surface area (Å²) in [5.74, 6) is 0. The Kier molecular flexibility index (Phi) is 7.29. The monoisotopic (exact) mass is 271 g/mol. The summed E-state index contributed by atoms with van der Waals surface area (Å²) in [7, 11) is 6.42. The van der Waals surface area contributed by atoms with Gasteiger partial charge in [0.15, 0.2) is 0 Å². The van der Waals surface area contributed by atoms with Gasteiger partial charge in [-0.05, 0) is 72.9 Å². The summed E-state index contributed by atoms with van der Waals surface area (Å²) in [5.41, 5.74) is -0.0758. The van der Waals surface area contributed by atoms with Crippen molar-refractivity contribution in [3.05, 3.63) is 0 Å². The average molecular weight is 271 g/mol. The first kappa shape index (κ1) is 16.9. The molecule has 0 amide bonds. The second kappa shape index (κ2) is 8.20. The Morgan fingerprint density at radius 2 is 2.00 bits per heavy atom. The lowest BCUT2D eigenvalue weighted by molar-refractivity contribution is 0.125. The van der Waals surface area contributed by atoms with E-state index in [4.69, 9.17) is 0 Å². The molecule has 4 heteroatoms. The standard InChI is InChI=1S/C15H33N3O/c1-5-15(13-19,16-2)9-6-10-18(4)14-7-11-17(3)12-8-14/h14,16,19H,5-13H2,1-4H3. The molecule has 1 rings (SSSR count). The number of piperidine rings is 1. The highest BCUT2D eigenvalue weighted by Gasteiger charge is 2.25. The number of likely N-dealkylation sites (N-methyl/N-ethyl adjacent to an activating group) is 1. The summed E-state index contributed by atoms with van der Waals surface area (Å²) in [5, 5.41) is 12.8. The largest absolute Gasteiger partial charge is 0.394 e. The summed E-state index contributed by atoms with van der Waals surface area (Å²) < 4.78 is 0. The third kappa shape index (κ3) is 5.03. The van der Waals surface area contributed by atoms with Crippen molar-refractivity contribution in [3.8, 4) is 0 Å². The van der Waals surface area contributed by atoms with E-state index in [1.54, 1.807) is 0 Å². The van der Waals surface area contributed by atoms with Gasteiger partial charge < -0.3 is 20.2 Å². The van der Waals surface area contributed by atoms with Crippen molar-refractivity contribution in [2.24, 2.45) is 0 Å². The molecule has 0 bridgehead atoms. The summed E-state index contributed by atoms with van der Waals surface area (Å²) in [6.07, 6.45) is 5.76. The Labute approximate surface area is 119 Å². The molecule has 19 heavy (non-hydrogen) atoms. The zero-order chi connectivity index (χ0) is 14.3. The molecule has 114 valence electrons. The molecule has 0 aromatic heterocycles. The second-order valence-electron chi connectivity index (χ2n) is 6.16. The van der Waals surface area contributed by atoms with E-state index in [-0.39, 0.29) is 12.1 Å². The number of aliphatic hydroxyl groups excluding tert-OH is 1. The summed E-state index contributed by atoms with van der Waals surface area (Å²) >= 11 is 0. The van der Waals surface area contributed by atoms with Crippen LogP contribution in [0.1, 0.15) is 39.0 Å². The molecule has 1 saturated heterocycles. The fourth-order valence-corrected chi connectivity index (χ4v) is 3.03. The minimum atomic E-state index is -0.0758. The molecule has 1 aliphatic rings. The summed E-state index contributed by atoms with van der Waals surface area (Å²) in [6.45, 7) is 5.96. The average Bonchev–Trinajstić information content (AvgIpc) is 2.45. The van der Waals surface area contributed by atoms with Crippen LogP contribution in [0.2, 0.25) is 0 Å². The van der Waals surface area contributed by atoms with Gasteiger partial charge in [-0.1, -0.05) is 6.92 Å². The Hall–Kier alpha value is -0.160. The van der Waals surface area contributed by atoms with E-state index in [1.165, 1.54) is 25.9 Å². The van der Waals surface area contributed by atoms with Crippen LogP contribution in [-0.2, 0) is 0 Å². The second-order valence-corrected chi connectivity index (χ2v) is 6.16. The molecule has 2 N–H and O–H groups in total. The van der Waals surface area contributed by atoms with Gasteiger partial charge in [-0.25, -0.2) is 0 Å². The van der Waals surface area contributed by atoms with Crippen molar-refractivity contribution in [1.82, 2.24) is 15.1 Å². The van der Waals surface area contributed by atoms with E-state index in [2.05, 4.69) is 36.1 Å². The van der Waals surface area contributed by atoms with Gasteiger partial charge in [-0.3, -0.25) is 0 Å². The SMILES string of the molecule is CCC(CO)(CCCN(C)C1CCN(C)CC1)NC. The molecular formula is C15H33N3O. The summed E-state index contributed by atoms with van der Waals surface area (Å²) in [6, 6.07) is 0.746. The van der Waals surface area contributed by atoms with Gasteiger partial charge in [-0.2, -0.15) is 0 Å². The highest BCUT2D eigenvalue weighted by atomic mass is 16.3. The topological polar surface area (TPSA) is 38.7 Å². The van der Waals surface area contributed by atoms with Crippen LogP contribution in [0, 0.1) is 0 Å². The lowest BCUT2D eigenvalue weighted by atomic mass is 9.91. The van der Waals surface area contributed by atoms with Crippen LogP contribution in [0.4, 0.5) is 0 Å². The van der Waals surface area contributed by atoms with E-state index in [9.17, 15) is 5.11 Å². The van der Waals surface area contributed by atoms with Crippen LogP contribution in [-0.4, -0.2) is 73.9 Å². The highest BCUT2D eigenvalue weighted by molar-refractivity contribution is 4.85. The van der Waals surface area contributed by atoms with Gasteiger partial charge in [0.25, 0.3) is 0 Å². The van der Waals surface area contributed by atoms with Gasteiger partial charge in [0.05, 0.1) is 6.61 Å². The smallest absolute Gasteiger partial charge is 0.0613 e. The molecule has 0 aromatic rings. The van der Waals surface area contributed by atoms with Crippen LogP contribution in [0.15, 0.2) is 0 Å². The molecule has 0 spiro atoms. The van der Waals surface area contributed by atoms with Crippen molar-refractivity contribution in [1.29, 1.82) is 0 Å². The van der Waals surface area contributed by atoms with Crippen LogP contribution >= 0.6 is 0 Å². The van der Waals surface area contributed by atoms with Crippen molar-refractivity contribution < 1.29 is 5.11 Å². The van der Waals surface area contributed by atoms with Crippen LogP contribution in [0.25, 0.3) is 0 Å². The molecule has 1 fully saturated rings. The van der Waals surface area contributed by atoms with Crippen LogP contribution in [0.3, 0.4) is 0 Å². The highest BCUT2D eigenvalue weighted by Crippen LogP contribution is 2.19. The number of hydrogen-bond donors (Lipinski definition) is 2. The molecule has 1 heterocycles. The van der Waals surface area contributed by atoms with Crippen molar-refractivity contribution in [3.63, 3.8) is 0 Å². The van der Waals surface area contributed by atoms with Crippen molar-refractivity contribution >= 4 is 0 Å². The van der Waals surface area contributed by atoms with Gasteiger partial charge in [-0.15, -0.1) is 0 Å². The number of rotatable bonds is 8. The van der Waals surface area contributed by atoms with Gasteiger partial charge >= 0.3 is 0 Å². The van der Waals surface area contributed by atoms with Gasteiger partial charge in [0, 0.05) is 11.6 Å². The maximum Gasteiger partial charge on any atom is 0.0613 e. The summed E-state index contributed by atoms with van der Waals surface area (Å²) in [4.78, 5) is 4.93. The Balaban J connectivity index is 2.28. The minimum absolute atomic E-state index is 0.0758. The molecular weight excluding hydrogens is 238 g/mol. The zero-order valence-electron chi connectivity index (χ0n) is 13.3. The maximum atomic E-state index is 9.54. The third-order valence-electron chi connectivity index (χ3n) is 4.99. The van der Waals surface area contributed by atoms with E-state index in [1.807, 2.05) is 7.05 Å². The minimum Gasteiger partial charge on any atom is -0.394 e. The fraction of sp³-hybridized carbons (Fsp3) is 1.00. The normalized spacial score (nSPS) is 21.8. The lowest BCUT2D eigenvalue weighted by Gasteiger charge is -2.36. The molecule has 4 nitrogen and oxygen atoms in total. The van der Waals surface area contributed by atoms with Crippen LogP contribution in [0.5, 0.6) is 0 Å². The number of nitrogens with zero attached hydrogens (tertiary/aromatic N) is 2. The molecule has 0 aliphatic carbocycles. The molecule has 0 aromatic carbocycles. The first-order valence-electron chi connectivity index (χ1n) is 7.75. The predicted molar refractivity (Wildman–Crippen MR) is 81.6 cm³/mol. The van der Waals surface area contributed by atoms with E-state index in [0.717, 1.165) is 31.8 Å². The molecule has 0 saturated carbocycles. The first-order chi connectivity index (χ1) is 9.06. The number of aliphatic hydroxyl groups is 1. The van der Waals surface area contributed by atoms with Crippen molar-refractivity contribution in [2.75, 3.05) is 47.4 Å². The number of likely N-dealkylation sites (tertiary alicyclic amines) is 1. The van der Waals surface area contributed by atoms with E-state index in [0.29, 0.717) is 0 Å². The third-order valence-corrected chi connectivity index (χ3v) is 4.99. The van der Waals surface area contributed by atoms with Crippen LogP contribution < -0.4 is 5.32 Å². The van der Waals surface area contributed by atoms with Gasteiger partial charge in [0.1, 0.15) is 0 Å². The number of nitrogens with one attached hydrogen (secondary N) is 1. The number of hydrogen-bond acceptors (Lipinski definition) is 4. The molecule has 1 unspecified atom stereocenters. The fourth-order valence-electron chi connectivity index (χ4n) is 3.03. The van der Waals surface area contributed by atoms with Gasteiger partial charge in [0.2, 0.25) is 0 Å². The van der Waals surface area contributed by atoms with Crippen molar-refractivity contribution in [2.45, 2.75) is 50.6 Å².